The molecule has 2 rings (SSSR count). The lowest BCUT2D eigenvalue weighted by molar-refractivity contribution is 0.866. The molecule has 0 radical (unpaired) electrons. The van der Waals surface area contributed by atoms with Crippen molar-refractivity contribution < 1.29 is 0 Å². The van der Waals surface area contributed by atoms with E-state index in [0.717, 1.165) is 0 Å². The van der Waals surface area contributed by atoms with Gasteiger partial charge in [-0.1, -0.05) is 95.8 Å². The normalized spacial score (nSPS) is 11.1. The van der Waals surface area contributed by atoms with Crippen LogP contribution in [0.5, 0.6) is 0 Å². The van der Waals surface area contributed by atoms with Gasteiger partial charge in [-0.3, -0.25) is 0 Å². The zero-order chi connectivity index (χ0) is 14.5. The van der Waals surface area contributed by atoms with Crippen LogP contribution in [0.15, 0.2) is 48.5 Å². The monoisotopic (exact) mass is 280 g/mol. The first-order valence-electron chi connectivity index (χ1n) is 7.44. The van der Waals surface area contributed by atoms with E-state index in [2.05, 4.69) is 88.4 Å². The van der Waals surface area contributed by atoms with Gasteiger partial charge in [-0.25, -0.2) is 0 Å². The fourth-order valence-corrected chi connectivity index (χ4v) is 2.18. The molecule has 2 aromatic carbocycles. The number of benzene rings is 2. The Morgan fingerprint density at radius 1 is 0.571 bits per heavy atom. The highest BCUT2D eigenvalue weighted by atomic mass is 14.0. The first-order chi connectivity index (χ1) is 9.56. The highest BCUT2D eigenvalue weighted by molar-refractivity contribution is 5.69. The van der Waals surface area contributed by atoms with E-state index < -0.39 is 0 Å². The Hall–Kier alpha value is -1.82. The summed E-state index contributed by atoms with van der Waals surface area (Å²) in [6, 6.07) is 17.6. The molecule has 0 aliphatic rings. The van der Waals surface area contributed by atoms with Crippen molar-refractivity contribution in [3.8, 4) is 0 Å². The molecule has 0 atom stereocenters. The van der Waals surface area contributed by atoms with Crippen molar-refractivity contribution in [2.45, 2.75) is 47.0 Å². The van der Waals surface area contributed by atoms with Gasteiger partial charge >= 0.3 is 0 Å². The summed E-state index contributed by atoms with van der Waals surface area (Å²) in [7, 11) is 0. The van der Waals surface area contributed by atoms with Crippen LogP contribution in [-0.4, -0.2) is 0 Å². The van der Waals surface area contributed by atoms with Crippen molar-refractivity contribution in [3.63, 3.8) is 0 Å². The summed E-state index contributed by atoms with van der Waals surface area (Å²) < 4.78 is 0. The second-order valence-corrected chi connectivity index (χ2v) is 5.98. The van der Waals surface area contributed by atoms with Gasteiger partial charge in [-0.05, 0) is 34.1 Å². The van der Waals surface area contributed by atoms with Crippen LogP contribution in [0.1, 0.15) is 69.2 Å². The standard InChI is InChI=1S/C20H24.CH4/c1-15(2)19-11-7-17(8-12-19)5-6-18-9-13-20(14-10-18)16(3)4;/h5-16H,1-4H3;1H4/b6-5+;. The molecule has 0 nitrogen and oxygen atoms in total. The maximum absolute atomic E-state index is 2.22. The molecular formula is C21H28. The Morgan fingerprint density at radius 2 is 0.857 bits per heavy atom. The zero-order valence-electron chi connectivity index (χ0n) is 12.9. The molecule has 2 aromatic rings. The Bertz CT molecular complexity index is 500. The molecule has 0 bridgehead atoms. The molecule has 0 saturated heterocycles. The second kappa shape index (κ2) is 7.83. The van der Waals surface area contributed by atoms with Crippen LogP contribution in [0.25, 0.3) is 12.2 Å². The van der Waals surface area contributed by atoms with Crippen LogP contribution < -0.4 is 0 Å². The topological polar surface area (TPSA) is 0 Å². The van der Waals surface area contributed by atoms with Gasteiger partial charge in [0.2, 0.25) is 0 Å². The summed E-state index contributed by atoms with van der Waals surface area (Å²) in [6.07, 6.45) is 4.35. The molecule has 0 unspecified atom stereocenters. The largest absolute Gasteiger partial charge is 0.0776 e. The fourth-order valence-electron chi connectivity index (χ4n) is 2.18. The molecular weight excluding hydrogens is 252 g/mol. The van der Waals surface area contributed by atoms with Crippen molar-refractivity contribution in [2.75, 3.05) is 0 Å². The minimum absolute atomic E-state index is 0. The predicted molar refractivity (Wildman–Crippen MR) is 96.7 cm³/mol. The van der Waals surface area contributed by atoms with Crippen LogP contribution in [0.4, 0.5) is 0 Å². The van der Waals surface area contributed by atoms with Gasteiger partial charge in [0, 0.05) is 0 Å². The summed E-state index contributed by atoms with van der Waals surface area (Å²) in [6.45, 7) is 8.89. The van der Waals surface area contributed by atoms with Gasteiger partial charge in [0.15, 0.2) is 0 Å². The van der Waals surface area contributed by atoms with Crippen molar-refractivity contribution in [2.24, 2.45) is 0 Å². The summed E-state index contributed by atoms with van der Waals surface area (Å²) >= 11 is 0. The van der Waals surface area contributed by atoms with Crippen molar-refractivity contribution in [1.82, 2.24) is 0 Å². The Balaban J connectivity index is 0.00000220. The van der Waals surface area contributed by atoms with Gasteiger partial charge < -0.3 is 0 Å². The molecule has 0 amide bonds. The molecule has 0 spiro atoms. The van der Waals surface area contributed by atoms with Gasteiger partial charge in [0.05, 0.1) is 0 Å². The lowest BCUT2D eigenvalue weighted by Crippen LogP contribution is -1.86. The molecule has 0 aromatic heterocycles. The molecule has 0 aliphatic heterocycles. The van der Waals surface area contributed by atoms with E-state index in [4.69, 9.17) is 0 Å². The van der Waals surface area contributed by atoms with E-state index in [0.29, 0.717) is 11.8 Å². The van der Waals surface area contributed by atoms with Gasteiger partial charge in [-0.15, -0.1) is 0 Å². The van der Waals surface area contributed by atoms with Gasteiger partial charge in [0.25, 0.3) is 0 Å². The fraction of sp³-hybridized carbons (Fsp3) is 0.333. The Labute approximate surface area is 130 Å². The number of rotatable bonds is 4. The summed E-state index contributed by atoms with van der Waals surface area (Å²) in [5, 5.41) is 0. The Morgan fingerprint density at radius 3 is 1.10 bits per heavy atom. The van der Waals surface area contributed by atoms with E-state index in [1.54, 1.807) is 0 Å². The first-order valence-corrected chi connectivity index (χ1v) is 7.44. The van der Waals surface area contributed by atoms with E-state index >= 15 is 0 Å². The van der Waals surface area contributed by atoms with E-state index in [-0.39, 0.29) is 7.43 Å². The molecule has 0 N–H and O–H groups in total. The quantitative estimate of drug-likeness (QED) is 0.544. The minimum Gasteiger partial charge on any atom is -0.0776 e. The predicted octanol–water partition coefficient (Wildman–Crippen LogP) is 6.74. The highest BCUT2D eigenvalue weighted by Crippen LogP contribution is 2.18. The van der Waals surface area contributed by atoms with Crippen molar-refractivity contribution in [3.05, 3.63) is 70.8 Å². The Kier molecular flexibility index (Phi) is 6.42. The molecule has 0 fully saturated rings. The average molecular weight is 280 g/mol. The van der Waals surface area contributed by atoms with Crippen LogP contribution >= 0.6 is 0 Å². The maximum atomic E-state index is 2.22. The molecule has 21 heavy (non-hydrogen) atoms. The smallest absolute Gasteiger partial charge is 0.0219 e. The summed E-state index contributed by atoms with van der Waals surface area (Å²) in [5.41, 5.74) is 5.29. The van der Waals surface area contributed by atoms with Crippen LogP contribution in [0.3, 0.4) is 0 Å². The third kappa shape index (κ3) is 4.90. The van der Waals surface area contributed by atoms with Gasteiger partial charge in [0.1, 0.15) is 0 Å². The van der Waals surface area contributed by atoms with Crippen LogP contribution in [0.2, 0.25) is 0 Å². The maximum Gasteiger partial charge on any atom is -0.0219 e. The number of hydrogen-bond acceptors (Lipinski definition) is 0. The number of hydrogen-bond donors (Lipinski definition) is 0. The van der Waals surface area contributed by atoms with Gasteiger partial charge in [-0.2, -0.15) is 0 Å². The van der Waals surface area contributed by atoms with Crippen LogP contribution in [0, 0.1) is 0 Å². The molecule has 0 heterocycles. The lowest BCUT2D eigenvalue weighted by atomic mass is 10.0. The minimum atomic E-state index is 0. The third-order valence-electron chi connectivity index (χ3n) is 3.67. The first kappa shape index (κ1) is 17.2. The summed E-state index contributed by atoms with van der Waals surface area (Å²) in [4.78, 5) is 0. The summed E-state index contributed by atoms with van der Waals surface area (Å²) in [5.74, 6) is 1.19. The van der Waals surface area contributed by atoms with E-state index in [1.807, 2.05) is 0 Å². The van der Waals surface area contributed by atoms with Crippen LogP contribution in [-0.2, 0) is 0 Å². The van der Waals surface area contributed by atoms with E-state index in [1.165, 1.54) is 22.3 Å². The van der Waals surface area contributed by atoms with Crippen molar-refractivity contribution in [1.29, 1.82) is 0 Å². The third-order valence-corrected chi connectivity index (χ3v) is 3.67. The molecule has 0 aliphatic carbocycles. The molecule has 0 saturated carbocycles. The lowest BCUT2D eigenvalue weighted by Gasteiger charge is -2.05. The molecule has 112 valence electrons. The highest BCUT2D eigenvalue weighted by Gasteiger charge is 1.98. The zero-order valence-corrected chi connectivity index (χ0v) is 12.9. The van der Waals surface area contributed by atoms with Crippen molar-refractivity contribution >= 4 is 12.2 Å². The second-order valence-electron chi connectivity index (χ2n) is 5.98. The molecule has 0 heteroatoms. The van der Waals surface area contributed by atoms with E-state index in [9.17, 15) is 0 Å². The average Bonchev–Trinajstić information content (AvgIpc) is 2.46. The SMILES string of the molecule is C.CC(C)c1ccc(/C=C/c2ccc(C(C)C)cc2)cc1.